The van der Waals surface area contributed by atoms with Crippen LogP contribution in [0, 0.1) is 12.3 Å². The van der Waals surface area contributed by atoms with Crippen LogP contribution in [0.1, 0.15) is 36.3 Å². The molecule has 0 aliphatic carbocycles. The fourth-order valence-electron chi connectivity index (χ4n) is 3.84. The van der Waals surface area contributed by atoms with Gasteiger partial charge in [0.25, 0.3) is 0 Å². The SMILES string of the molecule is COCCCN1CCC[C@]2(CCN(Cc3snnc3C)C2)C1=O. The van der Waals surface area contributed by atoms with E-state index in [2.05, 4.69) is 19.4 Å². The van der Waals surface area contributed by atoms with Crippen LogP contribution in [-0.2, 0) is 16.1 Å². The lowest BCUT2D eigenvalue weighted by atomic mass is 9.78. The minimum Gasteiger partial charge on any atom is -0.385 e. The summed E-state index contributed by atoms with van der Waals surface area (Å²) in [6.07, 6.45) is 4.06. The second-order valence-electron chi connectivity index (χ2n) is 6.76. The first kappa shape index (κ1) is 16.8. The Kier molecular flexibility index (Phi) is 5.28. The Bertz CT molecular complexity index is 550. The van der Waals surface area contributed by atoms with Crippen molar-refractivity contribution in [2.45, 2.75) is 39.2 Å². The van der Waals surface area contributed by atoms with Crippen molar-refractivity contribution in [2.75, 3.05) is 39.9 Å². The standard InChI is InChI=1S/C16H26N4O2S/c1-13-14(23-18-17-13)11-19-9-6-16(12-19)5-3-7-20(15(16)21)8-4-10-22-2/h3-12H2,1-2H3/t16-/m1/s1. The fraction of sp³-hybridized carbons (Fsp3) is 0.812. The topological polar surface area (TPSA) is 58.6 Å². The molecule has 3 rings (SSSR count). The van der Waals surface area contributed by atoms with Gasteiger partial charge in [-0.2, -0.15) is 0 Å². The summed E-state index contributed by atoms with van der Waals surface area (Å²) in [7, 11) is 1.71. The number of carbonyl (C=O) groups excluding carboxylic acids is 1. The first-order valence-electron chi connectivity index (χ1n) is 8.43. The van der Waals surface area contributed by atoms with Gasteiger partial charge >= 0.3 is 0 Å². The number of nitrogens with zero attached hydrogens (tertiary/aromatic N) is 4. The van der Waals surface area contributed by atoms with Crippen molar-refractivity contribution >= 4 is 17.4 Å². The van der Waals surface area contributed by atoms with Crippen molar-refractivity contribution in [2.24, 2.45) is 5.41 Å². The van der Waals surface area contributed by atoms with Gasteiger partial charge in [0, 0.05) is 39.9 Å². The monoisotopic (exact) mass is 338 g/mol. The lowest BCUT2D eigenvalue weighted by molar-refractivity contribution is -0.145. The summed E-state index contributed by atoms with van der Waals surface area (Å²) >= 11 is 1.47. The summed E-state index contributed by atoms with van der Waals surface area (Å²) in [6.45, 7) is 7.21. The lowest BCUT2D eigenvalue weighted by Gasteiger charge is -2.39. The average molecular weight is 338 g/mol. The van der Waals surface area contributed by atoms with E-state index in [9.17, 15) is 4.79 Å². The highest BCUT2D eigenvalue weighted by Crippen LogP contribution is 2.40. The van der Waals surface area contributed by atoms with E-state index in [1.54, 1.807) is 7.11 Å². The molecule has 0 unspecified atom stereocenters. The molecule has 128 valence electrons. The fourth-order valence-corrected chi connectivity index (χ4v) is 4.51. The van der Waals surface area contributed by atoms with Gasteiger partial charge in [-0.05, 0) is 50.7 Å². The summed E-state index contributed by atoms with van der Waals surface area (Å²) in [5, 5.41) is 4.09. The largest absolute Gasteiger partial charge is 0.385 e. The molecule has 23 heavy (non-hydrogen) atoms. The number of rotatable bonds is 6. The molecule has 0 N–H and O–H groups in total. The van der Waals surface area contributed by atoms with Crippen LogP contribution in [-0.4, -0.2) is 65.2 Å². The predicted molar refractivity (Wildman–Crippen MR) is 89.3 cm³/mol. The minimum atomic E-state index is -0.155. The number of hydrogen-bond acceptors (Lipinski definition) is 6. The van der Waals surface area contributed by atoms with Crippen LogP contribution in [0.15, 0.2) is 0 Å². The summed E-state index contributed by atoms with van der Waals surface area (Å²) in [5.41, 5.74) is 0.865. The van der Waals surface area contributed by atoms with Gasteiger partial charge in [-0.3, -0.25) is 9.69 Å². The van der Waals surface area contributed by atoms with E-state index in [0.717, 1.165) is 70.7 Å². The molecule has 0 aromatic carbocycles. The Labute approximate surface area is 142 Å². The van der Waals surface area contributed by atoms with Crippen LogP contribution in [0.3, 0.4) is 0 Å². The van der Waals surface area contributed by atoms with Gasteiger partial charge in [0.1, 0.15) is 0 Å². The molecule has 0 radical (unpaired) electrons. The number of ether oxygens (including phenoxy) is 1. The third-order valence-corrected chi connectivity index (χ3v) is 5.95. The van der Waals surface area contributed by atoms with E-state index in [0.29, 0.717) is 5.91 Å². The molecule has 1 atom stereocenters. The number of aromatic nitrogens is 2. The summed E-state index contributed by atoms with van der Waals surface area (Å²) in [6, 6.07) is 0. The third-order valence-electron chi connectivity index (χ3n) is 5.15. The van der Waals surface area contributed by atoms with Gasteiger partial charge in [-0.15, -0.1) is 5.10 Å². The average Bonchev–Trinajstić information content (AvgIpc) is 3.13. The van der Waals surface area contributed by atoms with Crippen LogP contribution in [0.2, 0.25) is 0 Å². The maximum Gasteiger partial charge on any atom is 0.230 e. The molecule has 1 aromatic rings. The van der Waals surface area contributed by atoms with Crippen molar-refractivity contribution in [3.8, 4) is 0 Å². The smallest absolute Gasteiger partial charge is 0.230 e. The van der Waals surface area contributed by atoms with Crippen LogP contribution >= 0.6 is 11.5 Å². The van der Waals surface area contributed by atoms with E-state index >= 15 is 0 Å². The van der Waals surface area contributed by atoms with Crippen molar-refractivity contribution in [1.82, 2.24) is 19.4 Å². The van der Waals surface area contributed by atoms with Crippen molar-refractivity contribution < 1.29 is 9.53 Å². The molecule has 7 heteroatoms. The first-order valence-corrected chi connectivity index (χ1v) is 9.20. The molecule has 2 fully saturated rings. The van der Waals surface area contributed by atoms with Gasteiger partial charge in [0.15, 0.2) is 0 Å². The van der Waals surface area contributed by atoms with Gasteiger partial charge in [0.05, 0.1) is 16.0 Å². The van der Waals surface area contributed by atoms with Crippen LogP contribution in [0.5, 0.6) is 0 Å². The van der Waals surface area contributed by atoms with Crippen LogP contribution < -0.4 is 0 Å². The highest BCUT2D eigenvalue weighted by Gasteiger charge is 2.48. The number of likely N-dealkylation sites (tertiary alicyclic amines) is 2. The Balaban J connectivity index is 1.61. The molecular weight excluding hydrogens is 312 g/mol. The van der Waals surface area contributed by atoms with E-state index < -0.39 is 0 Å². The van der Waals surface area contributed by atoms with E-state index in [4.69, 9.17) is 4.74 Å². The predicted octanol–water partition coefficient (Wildman–Crippen LogP) is 1.70. The Morgan fingerprint density at radius 1 is 1.35 bits per heavy atom. The number of methoxy groups -OCH3 is 1. The molecule has 2 aliphatic heterocycles. The minimum absolute atomic E-state index is 0.155. The highest BCUT2D eigenvalue weighted by atomic mass is 32.1. The molecule has 3 heterocycles. The molecule has 1 amide bonds. The van der Waals surface area contributed by atoms with E-state index in [1.165, 1.54) is 16.4 Å². The molecule has 2 aliphatic rings. The number of hydrogen-bond donors (Lipinski definition) is 0. The maximum absolute atomic E-state index is 13.0. The second kappa shape index (κ2) is 7.23. The number of piperidine rings is 1. The Morgan fingerprint density at radius 3 is 2.96 bits per heavy atom. The van der Waals surface area contributed by atoms with Crippen LogP contribution in [0.25, 0.3) is 0 Å². The molecule has 2 saturated heterocycles. The molecule has 0 bridgehead atoms. The van der Waals surface area contributed by atoms with Gasteiger partial charge in [0.2, 0.25) is 5.91 Å². The molecule has 1 aromatic heterocycles. The maximum atomic E-state index is 13.0. The third kappa shape index (κ3) is 3.56. The normalized spacial score (nSPS) is 25.7. The molecule has 1 spiro atoms. The number of aryl methyl sites for hydroxylation is 1. The lowest BCUT2D eigenvalue weighted by Crippen LogP contribution is -2.50. The van der Waals surface area contributed by atoms with Gasteiger partial charge < -0.3 is 9.64 Å². The zero-order chi connectivity index (χ0) is 16.3. The highest BCUT2D eigenvalue weighted by molar-refractivity contribution is 7.05. The van der Waals surface area contributed by atoms with E-state index in [1.807, 2.05) is 6.92 Å². The zero-order valence-electron chi connectivity index (χ0n) is 14.1. The summed E-state index contributed by atoms with van der Waals surface area (Å²) < 4.78 is 9.13. The Hall–Kier alpha value is -1.05. The quantitative estimate of drug-likeness (QED) is 0.739. The second-order valence-corrected chi connectivity index (χ2v) is 7.60. The molecule has 0 saturated carbocycles. The summed E-state index contributed by atoms with van der Waals surface area (Å²) in [4.78, 5) is 18.7. The van der Waals surface area contributed by atoms with Gasteiger partial charge in [-0.1, -0.05) is 4.49 Å². The number of carbonyl (C=O) groups is 1. The zero-order valence-corrected chi connectivity index (χ0v) is 14.9. The van der Waals surface area contributed by atoms with Crippen molar-refractivity contribution in [1.29, 1.82) is 0 Å². The van der Waals surface area contributed by atoms with Crippen molar-refractivity contribution in [3.63, 3.8) is 0 Å². The molecular formula is C16H26N4O2S. The van der Waals surface area contributed by atoms with E-state index in [-0.39, 0.29) is 5.41 Å². The number of amides is 1. The Morgan fingerprint density at radius 2 is 2.22 bits per heavy atom. The van der Waals surface area contributed by atoms with Gasteiger partial charge in [-0.25, -0.2) is 0 Å². The first-order chi connectivity index (χ1) is 11.1. The molecule has 6 nitrogen and oxygen atoms in total. The summed E-state index contributed by atoms with van der Waals surface area (Å²) in [5.74, 6) is 0.363. The van der Waals surface area contributed by atoms with Crippen molar-refractivity contribution in [3.05, 3.63) is 10.6 Å². The van der Waals surface area contributed by atoms with Crippen LogP contribution in [0.4, 0.5) is 0 Å².